The van der Waals surface area contributed by atoms with Crippen LogP contribution in [0.15, 0.2) is 17.1 Å². The van der Waals surface area contributed by atoms with Crippen LogP contribution in [0.3, 0.4) is 0 Å². The molecule has 64 valence electrons. The van der Waals surface area contributed by atoms with E-state index in [9.17, 15) is 4.79 Å². The van der Waals surface area contributed by atoms with Gasteiger partial charge >= 0.3 is 5.97 Å². The highest BCUT2D eigenvalue weighted by atomic mass is 16.4. The Morgan fingerprint density at radius 3 is 2.75 bits per heavy atom. The van der Waals surface area contributed by atoms with E-state index in [1.54, 1.807) is 13.0 Å². The summed E-state index contributed by atoms with van der Waals surface area (Å²) in [5.41, 5.74) is 0.0490. The average Bonchev–Trinajstić information content (AvgIpc) is 2.04. The molecule has 0 aromatic carbocycles. The molecule has 0 aliphatic carbocycles. The number of nitrogens with zero attached hydrogens (tertiary/aromatic N) is 1. The standard InChI is InChI=1S/C9H11NO2/c1-3-4-5-6-7-8(10-2)9(11)12/h6-7H,5H2,1-2H3,(H,11,12)/b7-6-,10-8+. The van der Waals surface area contributed by atoms with Crippen LogP contribution in [-0.2, 0) is 4.79 Å². The van der Waals surface area contributed by atoms with Gasteiger partial charge in [0, 0.05) is 13.5 Å². The first-order valence-corrected chi connectivity index (χ1v) is 3.48. The van der Waals surface area contributed by atoms with Crippen molar-refractivity contribution in [2.24, 2.45) is 4.99 Å². The fourth-order valence-corrected chi connectivity index (χ4v) is 0.573. The van der Waals surface area contributed by atoms with Gasteiger partial charge < -0.3 is 5.11 Å². The Morgan fingerprint density at radius 1 is 1.67 bits per heavy atom. The second-order valence-electron chi connectivity index (χ2n) is 1.95. The lowest BCUT2D eigenvalue weighted by atomic mass is 10.3. The molecule has 0 amide bonds. The number of hydrogen-bond acceptors (Lipinski definition) is 2. The second kappa shape index (κ2) is 6.17. The molecular formula is C9H11NO2. The summed E-state index contributed by atoms with van der Waals surface area (Å²) in [7, 11) is 1.44. The lowest BCUT2D eigenvalue weighted by molar-refractivity contribution is -0.129. The van der Waals surface area contributed by atoms with E-state index in [1.807, 2.05) is 0 Å². The van der Waals surface area contributed by atoms with E-state index in [0.29, 0.717) is 6.42 Å². The summed E-state index contributed by atoms with van der Waals surface area (Å²) in [4.78, 5) is 13.9. The van der Waals surface area contributed by atoms with Gasteiger partial charge in [-0.05, 0) is 13.0 Å². The third kappa shape index (κ3) is 4.29. The highest BCUT2D eigenvalue weighted by molar-refractivity contribution is 6.40. The Labute approximate surface area is 71.8 Å². The number of aliphatic carboxylic acids is 1. The minimum Gasteiger partial charge on any atom is -0.477 e. The van der Waals surface area contributed by atoms with Gasteiger partial charge in [-0.25, -0.2) is 4.79 Å². The molecule has 0 heterocycles. The summed E-state index contributed by atoms with van der Waals surface area (Å²) in [6.07, 6.45) is 3.68. The number of carbonyl (C=O) groups is 1. The van der Waals surface area contributed by atoms with E-state index >= 15 is 0 Å². The lowest BCUT2D eigenvalue weighted by Gasteiger charge is -1.88. The Kier molecular flexibility index (Phi) is 5.37. The fourth-order valence-electron chi connectivity index (χ4n) is 0.573. The van der Waals surface area contributed by atoms with Crippen molar-refractivity contribution in [1.82, 2.24) is 0 Å². The van der Waals surface area contributed by atoms with E-state index in [2.05, 4.69) is 16.8 Å². The van der Waals surface area contributed by atoms with Crippen molar-refractivity contribution < 1.29 is 9.90 Å². The zero-order chi connectivity index (χ0) is 9.40. The van der Waals surface area contributed by atoms with Gasteiger partial charge in [-0.3, -0.25) is 4.99 Å². The normalized spacial score (nSPS) is 11.0. The van der Waals surface area contributed by atoms with Crippen molar-refractivity contribution in [3.8, 4) is 11.8 Å². The number of carboxylic acid groups (broad SMARTS) is 1. The molecule has 0 saturated carbocycles. The van der Waals surface area contributed by atoms with Crippen molar-refractivity contribution in [3.63, 3.8) is 0 Å². The molecule has 0 atom stereocenters. The first-order valence-electron chi connectivity index (χ1n) is 3.48. The maximum absolute atomic E-state index is 10.4. The number of rotatable bonds is 3. The molecular weight excluding hydrogens is 154 g/mol. The average molecular weight is 165 g/mol. The maximum Gasteiger partial charge on any atom is 0.354 e. The third-order valence-electron chi connectivity index (χ3n) is 1.13. The van der Waals surface area contributed by atoms with Crippen LogP contribution in [0, 0.1) is 11.8 Å². The van der Waals surface area contributed by atoms with Crippen molar-refractivity contribution in [2.75, 3.05) is 7.05 Å². The number of allylic oxidation sites excluding steroid dienone is 1. The Bertz CT molecular complexity index is 266. The van der Waals surface area contributed by atoms with Crippen LogP contribution in [0.2, 0.25) is 0 Å². The Hall–Kier alpha value is -1.56. The molecule has 0 aliphatic heterocycles. The van der Waals surface area contributed by atoms with E-state index in [0.717, 1.165) is 0 Å². The molecule has 0 saturated heterocycles. The van der Waals surface area contributed by atoms with Crippen LogP contribution < -0.4 is 0 Å². The zero-order valence-electron chi connectivity index (χ0n) is 7.16. The first kappa shape index (κ1) is 10.4. The molecule has 0 bridgehead atoms. The first-order chi connectivity index (χ1) is 5.72. The number of carboxylic acids is 1. The summed E-state index contributed by atoms with van der Waals surface area (Å²) >= 11 is 0. The fraction of sp³-hybridized carbons (Fsp3) is 0.333. The lowest BCUT2D eigenvalue weighted by Crippen LogP contribution is -2.09. The van der Waals surface area contributed by atoms with Crippen LogP contribution >= 0.6 is 0 Å². The summed E-state index contributed by atoms with van der Waals surface area (Å²) in [5.74, 6) is 4.47. The van der Waals surface area contributed by atoms with Crippen molar-refractivity contribution in [1.29, 1.82) is 0 Å². The third-order valence-corrected chi connectivity index (χ3v) is 1.13. The van der Waals surface area contributed by atoms with Gasteiger partial charge in [0.1, 0.15) is 5.71 Å². The largest absolute Gasteiger partial charge is 0.477 e. The predicted octanol–water partition coefficient (Wildman–Crippen LogP) is 1.11. The summed E-state index contributed by atoms with van der Waals surface area (Å²) in [6, 6.07) is 0. The predicted molar refractivity (Wildman–Crippen MR) is 48.2 cm³/mol. The smallest absolute Gasteiger partial charge is 0.354 e. The Morgan fingerprint density at radius 2 is 2.33 bits per heavy atom. The van der Waals surface area contributed by atoms with Crippen LogP contribution in [0.4, 0.5) is 0 Å². The molecule has 0 fully saturated rings. The van der Waals surface area contributed by atoms with Crippen molar-refractivity contribution in [2.45, 2.75) is 13.3 Å². The topological polar surface area (TPSA) is 49.7 Å². The second-order valence-corrected chi connectivity index (χ2v) is 1.95. The van der Waals surface area contributed by atoms with Gasteiger partial charge in [0.2, 0.25) is 0 Å². The molecule has 0 unspecified atom stereocenters. The highest BCUT2D eigenvalue weighted by Gasteiger charge is 2.01. The van der Waals surface area contributed by atoms with Crippen LogP contribution in [0.5, 0.6) is 0 Å². The molecule has 0 aromatic rings. The van der Waals surface area contributed by atoms with Gasteiger partial charge in [-0.1, -0.05) is 12.0 Å². The van der Waals surface area contributed by atoms with Gasteiger partial charge in [-0.15, -0.1) is 5.92 Å². The SMILES string of the molecule is CC#CC/C=C\C(=N/C)C(=O)O. The molecule has 0 spiro atoms. The van der Waals surface area contributed by atoms with E-state index < -0.39 is 5.97 Å². The Balaban J connectivity index is 4.10. The molecule has 3 heteroatoms. The van der Waals surface area contributed by atoms with Crippen LogP contribution in [0.25, 0.3) is 0 Å². The molecule has 3 nitrogen and oxygen atoms in total. The van der Waals surface area contributed by atoms with Gasteiger partial charge in [0.05, 0.1) is 0 Å². The van der Waals surface area contributed by atoms with Crippen molar-refractivity contribution >= 4 is 11.7 Å². The molecule has 0 radical (unpaired) electrons. The monoisotopic (exact) mass is 165 g/mol. The van der Waals surface area contributed by atoms with Gasteiger partial charge in [-0.2, -0.15) is 0 Å². The number of aliphatic imine (C=N–C) groups is 1. The maximum atomic E-state index is 10.4. The van der Waals surface area contributed by atoms with Crippen molar-refractivity contribution in [3.05, 3.63) is 12.2 Å². The summed E-state index contributed by atoms with van der Waals surface area (Å²) < 4.78 is 0. The van der Waals surface area contributed by atoms with E-state index in [4.69, 9.17) is 5.11 Å². The highest BCUT2D eigenvalue weighted by Crippen LogP contribution is 1.85. The number of hydrogen-bond donors (Lipinski definition) is 1. The molecule has 12 heavy (non-hydrogen) atoms. The van der Waals surface area contributed by atoms with Crippen LogP contribution in [0.1, 0.15) is 13.3 Å². The molecule has 1 N–H and O–H groups in total. The van der Waals surface area contributed by atoms with E-state index in [1.165, 1.54) is 13.1 Å². The quantitative estimate of drug-likeness (QED) is 0.503. The molecule has 0 rings (SSSR count). The van der Waals surface area contributed by atoms with Gasteiger partial charge in [0.25, 0.3) is 0 Å². The summed E-state index contributed by atoms with van der Waals surface area (Å²) in [6.45, 7) is 1.74. The minimum atomic E-state index is -1.02. The van der Waals surface area contributed by atoms with Gasteiger partial charge in [0.15, 0.2) is 0 Å². The molecule has 0 aliphatic rings. The van der Waals surface area contributed by atoms with E-state index in [-0.39, 0.29) is 5.71 Å². The summed E-state index contributed by atoms with van der Waals surface area (Å²) in [5, 5.41) is 8.51. The molecule has 0 aromatic heterocycles. The van der Waals surface area contributed by atoms with Crippen LogP contribution in [-0.4, -0.2) is 23.8 Å². The zero-order valence-corrected chi connectivity index (χ0v) is 7.16. The minimum absolute atomic E-state index is 0.0490.